The Balaban J connectivity index is 1.50. The smallest absolute Gasteiger partial charge is 0.200 e. The molecule has 170 valence electrons. The van der Waals surface area contributed by atoms with Gasteiger partial charge in [-0.15, -0.1) is 0 Å². The highest BCUT2D eigenvalue weighted by Gasteiger charge is 2.18. The molecule has 0 bridgehead atoms. The van der Waals surface area contributed by atoms with Gasteiger partial charge in [0.05, 0.1) is 0 Å². The van der Waals surface area contributed by atoms with E-state index < -0.39 is 17.4 Å². The molecule has 1 unspecified atom stereocenters. The molecule has 1 N–H and O–H groups in total. The summed E-state index contributed by atoms with van der Waals surface area (Å²) >= 11 is 0. The van der Waals surface area contributed by atoms with Crippen LogP contribution in [-0.4, -0.2) is 5.11 Å². The molecule has 0 saturated heterocycles. The fourth-order valence-electron chi connectivity index (χ4n) is 4.45. The van der Waals surface area contributed by atoms with Crippen molar-refractivity contribution in [3.63, 3.8) is 0 Å². The Labute approximate surface area is 192 Å². The zero-order chi connectivity index (χ0) is 23.4. The number of benzene rings is 3. The second-order valence-corrected chi connectivity index (χ2v) is 8.55. The summed E-state index contributed by atoms with van der Waals surface area (Å²) in [6, 6.07) is 14.5. The number of phenolic OH excluding ortho intramolecular Hbond substituents is 1. The lowest BCUT2D eigenvalue weighted by atomic mass is 9.84. The Kier molecular flexibility index (Phi) is 7.02. The van der Waals surface area contributed by atoms with Crippen LogP contribution in [0.15, 0.2) is 72.8 Å². The van der Waals surface area contributed by atoms with E-state index in [-0.39, 0.29) is 11.4 Å². The van der Waals surface area contributed by atoms with Crippen molar-refractivity contribution in [2.24, 2.45) is 5.92 Å². The van der Waals surface area contributed by atoms with Crippen LogP contribution in [0.1, 0.15) is 44.6 Å². The molecule has 0 aromatic heterocycles. The summed E-state index contributed by atoms with van der Waals surface area (Å²) in [5.74, 6) is -2.67. The molecule has 1 nitrogen and oxygen atoms in total. The second-order valence-electron chi connectivity index (χ2n) is 8.55. The van der Waals surface area contributed by atoms with Crippen LogP contribution < -0.4 is 0 Å². The van der Waals surface area contributed by atoms with Crippen LogP contribution in [0.5, 0.6) is 5.75 Å². The summed E-state index contributed by atoms with van der Waals surface area (Å²) in [5, 5.41) is 9.31. The summed E-state index contributed by atoms with van der Waals surface area (Å²) in [6.07, 6.45) is 11.7. The predicted octanol–water partition coefficient (Wildman–Crippen LogP) is 8.68. The van der Waals surface area contributed by atoms with Crippen LogP contribution in [0.25, 0.3) is 27.8 Å². The van der Waals surface area contributed by atoms with E-state index in [1.807, 2.05) is 19.1 Å². The van der Waals surface area contributed by atoms with E-state index in [9.17, 15) is 18.3 Å². The Bertz CT molecular complexity index is 1190. The molecule has 0 fully saturated rings. The van der Waals surface area contributed by atoms with Gasteiger partial charge in [-0.2, -0.15) is 4.39 Å². The maximum absolute atomic E-state index is 15.0. The first kappa shape index (κ1) is 22.9. The SMILES string of the molecule is C/C=C/CCC1CC=C(c2ccc(-c3ccc(-c4ccc(O)c(F)c4F)cc3)cc2F)CC1. The standard InChI is InChI=1S/C29H27F3O/c1-2-3-4-5-19-6-8-21(9-7-19)24-15-14-23(18-26(24)30)20-10-12-22(13-11-20)25-16-17-27(33)29(32)28(25)31/h2-3,8,10-19,33H,4-7,9H2,1H3/b3-2+. The van der Waals surface area contributed by atoms with E-state index in [1.54, 1.807) is 24.3 Å². The van der Waals surface area contributed by atoms with Gasteiger partial charge in [-0.25, -0.2) is 8.78 Å². The lowest BCUT2D eigenvalue weighted by Crippen LogP contribution is -2.06. The molecule has 0 amide bonds. The number of allylic oxidation sites excluding steroid dienone is 4. The van der Waals surface area contributed by atoms with Crippen molar-refractivity contribution in [1.82, 2.24) is 0 Å². The van der Waals surface area contributed by atoms with Gasteiger partial charge < -0.3 is 5.11 Å². The fourth-order valence-corrected chi connectivity index (χ4v) is 4.45. The summed E-state index contributed by atoms with van der Waals surface area (Å²) in [6.45, 7) is 2.04. The molecule has 0 aliphatic heterocycles. The van der Waals surface area contributed by atoms with Gasteiger partial charge in [0.2, 0.25) is 5.82 Å². The van der Waals surface area contributed by atoms with E-state index in [4.69, 9.17) is 0 Å². The molecule has 0 radical (unpaired) electrons. The number of hydrogen-bond donors (Lipinski definition) is 1. The monoisotopic (exact) mass is 448 g/mol. The molecule has 33 heavy (non-hydrogen) atoms. The van der Waals surface area contributed by atoms with Gasteiger partial charge in [-0.1, -0.05) is 54.6 Å². The van der Waals surface area contributed by atoms with Crippen molar-refractivity contribution >= 4 is 5.57 Å². The molecule has 4 rings (SSSR count). The fraction of sp³-hybridized carbons (Fsp3) is 0.241. The van der Waals surface area contributed by atoms with Crippen molar-refractivity contribution in [2.45, 2.75) is 39.0 Å². The van der Waals surface area contributed by atoms with Crippen LogP contribution in [-0.2, 0) is 0 Å². The highest BCUT2D eigenvalue weighted by atomic mass is 19.2. The average Bonchev–Trinajstić information content (AvgIpc) is 2.83. The maximum Gasteiger partial charge on any atom is 0.200 e. The molecule has 0 heterocycles. The molecule has 4 heteroatoms. The minimum atomic E-state index is -1.27. The molecule has 1 aliphatic carbocycles. The highest BCUT2D eigenvalue weighted by Crippen LogP contribution is 2.35. The third-order valence-corrected chi connectivity index (χ3v) is 6.40. The summed E-state index contributed by atoms with van der Waals surface area (Å²) < 4.78 is 42.8. The van der Waals surface area contributed by atoms with Gasteiger partial charge in [0.25, 0.3) is 0 Å². The normalized spacial score (nSPS) is 16.2. The maximum atomic E-state index is 15.0. The first-order valence-electron chi connectivity index (χ1n) is 11.4. The molecule has 3 aromatic rings. The molecule has 3 aromatic carbocycles. The topological polar surface area (TPSA) is 20.2 Å². The quantitative estimate of drug-likeness (QED) is 0.374. The lowest BCUT2D eigenvalue weighted by Gasteiger charge is -2.22. The Hall–Kier alpha value is -3.27. The number of phenols is 1. The molecular formula is C29H27F3O. The first-order valence-corrected chi connectivity index (χ1v) is 11.4. The van der Waals surface area contributed by atoms with Gasteiger partial charge in [0, 0.05) is 11.1 Å². The van der Waals surface area contributed by atoms with Crippen LogP contribution in [0.2, 0.25) is 0 Å². The lowest BCUT2D eigenvalue weighted by molar-refractivity contribution is 0.408. The largest absolute Gasteiger partial charge is 0.505 e. The van der Waals surface area contributed by atoms with Crippen molar-refractivity contribution < 1.29 is 18.3 Å². The van der Waals surface area contributed by atoms with Gasteiger partial charge in [-0.3, -0.25) is 0 Å². The van der Waals surface area contributed by atoms with Crippen LogP contribution in [0.3, 0.4) is 0 Å². The molecular weight excluding hydrogens is 421 g/mol. The number of aromatic hydroxyl groups is 1. The van der Waals surface area contributed by atoms with Crippen molar-refractivity contribution in [2.75, 3.05) is 0 Å². The Morgan fingerprint density at radius 2 is 1.58 bits per heavy atom. The van der Waals surface area contributed by atoms with Gasteiger partial charge >= 0.3 is 0 Å². The van der Waals surface area contributed by atoms with Gasteiger partial charge in [-0.05, 0) is 85.4 Å². The number of halogens is 3. The van der Waals surface area contributed by atoms with E-state index in [0.717, 1.165) is 48.4 Å². The number of rotatable bonds is 6. The third-order valence-electron chi connectivity index (χ3n) is 6.40. The summed E-state index contributed by atoms with van der Waals surface area (Å²) in [7, 11) is 0. The second kappa shape index (κ2) is 10.1. The van der Waals surface area contributed by atoms with Crippen molar-refractivity contribution in [3.05, 3.63) is 95.8 Å². The summed E-state index contributed by atoms with van der Waals surface area (Å²) in [5.41, 5.74) is 3.77. The van der Waals surface area contributed by atoms with Gasteiger partial charge in [0.1, 0.15) is 5.82 Å². The minimum absolute atomic E-state index is 0.0617. The Morgan fingerprint density at radius 1 is 0.879 bits per heavy atom. The van der Waals surface area contributed by atoms with Gasteiger partial charge in [0.15, 0.2) is 11.6 Å². The molecule has 1 aliphatic rings. The van der Waals surface area contributed by atoms with E-state index in [2.05, 4.69) is 18.2 Å². The third kappa shape index (κ3) is 5.05. The van der Waals surface area contributed by atoms with Crippen LogP contribution >= 0.6 is 0 Å². The summed E-state index contributed by atoms with van der Waals surface area (Å²) in [4.78, 5) is 0. The van der Waals surface area contributed by atoms with E-state index in [0.29, 0.717) is 17.0 Å². The first-order chi connectivity index (χ1) is 16.0. The minimum Gasteiger partial charge on any atom is -0.505 e. The van der Waals surface area contributed by atoms with Crippen LogP contribution in [0, 0.1) is 23.4 Å². The zero-order valence-corrected chi connectivity index (χ0v) is 18.6. The highest BCUT2D eigenvalue weighted by molar-refractivity contribution is 5.74. The zero-order valence-electron chi connectivity index (χ0n) is 18.6. The van der Waals surface area contributed by atoms with Crippen molar-refractivity contribution in [3.8, 4) is 28.0 Å². The predicted molar refractivity (Wildman–Crippen MR) is 128 cm³/mol. The molecule has 0 spiro atoms. The molecule has 0 saturated carbocycles. The Morgan fingerprint density at radius 3 is 2.24 bits per heavy atom. The van der Waals surface area contributed by atoms with Crippen molar-refractivity contribution in [1.29, 1.82) is 0 Å². The molecule has 1 atom stereocenters. The van der Waals surface area contributed by atoms with E-state index >= 15 is 0 Å². The van der Waals surface area contributed by atoms with Crippen LogP contribution in [0.4, 0.5) is 13.2 Å². The average molecular weight is 449 g/mol. The van der Waals surface area contributed by atoms with E-state index in [1.165, 1.54) is 18.6 Å². The number of hydrogen-bond acceptors (Lipinski definition) is 1.